The van der Waals surface area contributed by atoms with Crippen LogP contribution in [0, 0.1) is 5.92 Å². The molecule has 4 heteroatoms. The van der Waals surface area contributed by atoms with Gasteiger partial charge in [0.2, 0.25) is 0 Å². The Balaban J connectivity index is 1.59. The van der Waals surface area contributed by atoms with Crippen molar-refractivity contribution in [3.8, 4) is 0 Å². The lowest BCUT2D eigenvalue weighted by molar-refractivity contribution is 0.108. The van der Waals surface area contributed by atoms with Gasteiger partial charge in [-0.05, 0) is 38.1 Å². The molecular weight excluding hydrogens is 214 g/mol. The average molecular weight is 237 g/mol. The predicted molar refractivity (Wildman–Crippen MR) is 67.7 cm³/mol. The fourth-order valence-electron chi connectivity index (χ4n) is 2.49. The van der Waals surface area contributed by atoms with Gasteiger partial charge in [0.15, 0.2) is 0 Å². The van der Waals surface area contributed by atoms with E-state index in [1.165, 1.54) is 0 Å². The minimum atomic E-state index is -0.0428. The first-order valence-corrected chi connectivity index (χ1v) is 6.60. The van der Waals surface area contributed by atoms with Gasteiger partial charge in [-0.2, -0.15) is 0 Å². The third-order valence-electron chi connectivity index (χ3n) is 3.70. The predicted octanol–water partition coefficient (Wildman–Crippen LogP) is 1.10. The van der Waals surface area contributed by atoms with E-state index < -0.39 is 0 Å². The molecule has 0 amide bonds. The van der Waals surface area contributed by atoms with Gasteiger partial charge in [-0.1, -0.05) is 0 Å². The number of hydrogen-bond acceptors (Lipinski definition) is 3. The zero-order chi connectivity index (χ0) is 12.1. The van der Waals surface area contributed by atoms with Gasteiger partial charge in [-0.3, -0.25) is 0 Å². The van der Waals surface area contributed by atoms with Crippen molar-refractivity contribution in [1.82, 2.24) is 14.9 Å². The van der Waals surface area contributed by atoms with Crippen molar-refractivity contribution in [1.29, 1.82) is 0 Å². The smallest absolute Gasteiger partial charge is 0.109 e. The molecule has 1 aromatic rings. The minimum absolute atomic E-state index is 0.0428. The maximum absolute atomic E-state index is 9.42. The number of nitrogens with zero attached hydrogens (tertiary/aromatic N) is 2. The number of aromatic nitrogens is 2. The number of rotatable bonds is 5. The molecule has 2 N–H and O–H groups in total. The van der Waals surface area contributed by atoms with Gasteiger partial charge in [0, 0.05) is 32.4 Å². The summed E-state index contributed by atoms with van der Waals surface area (Å²) in [7, 11) is 2.03. The van der Waals surface area contributed by atoms with E-state index in [0.29, 0.717) is 0 Å². The fraction of sp³-hybridized carbons (Fsp3) is 0.769. The lowest BCUT2D eigenvalue weighted by Gasteiger charge is -2.25. The van der Waals surface area contributed by atoms with Crippen LogP contribution in [0.25, 0.3) is 0 Å². The molecule has 0 bridgehead atoms. The highest BCUT2D eigenvalue weighted by Gasteiger charge is 2.18. The van der Waals surface area contributed by atoms with Crippen LogP contribution >= 0.6 is 0 Å². The van der Waals surface area contributed by atoms with Crippen LogP contribution in [0.3, 0.4) is 0 Å². The van der Waals surface area contributed by atoms with Crippen molar-refractivity contribution in [2.45, 2.75) is 38.2 Å². The summed E-state index contributed by atoms with van der Waals surface area (Å²) in [6.45, 7) is 2.07. The monoisotopic (exact) mass is 237 g/mol. The van der Waals surface area contributed by atoms with Gasteiger partial charge >= 0.3 is 0 Å². The van der Waals surface area contributed by atoms with Gasteiger partial charge < -0.3 is 15.0 Å². The summed E-state index contributed by atoms with van der Waals surface area (Å²) in [5, 5.41) is 12.9. The molecule has 1 fully saturated rings. The summed E-state index contributed by atoms with van der Waals surface area (Å²) < 4.78 is 2.07. The van der Waals surface area contributed by atoms with Gasteiger partial charge in [0.1, 0.15) is 5.82 Å². The fourth-order valence-corrected chi connectivity index (χ4v) is 2.49. The van der Waals surface area contributed by atoms with E-state index in [2.05, 4.69) is 14.9 Å². The Bertz CT molecular complexity index is 329. The number of imidazole rings is 1. The molecule has 0 unspecified atom stereocenters. The summed E-state index contributed by atoms with van der Waals surface area (Å²) >= 11 is 0. The molecule has 0 aromatic carbocycles. The van der Waals surface area contributed by atoms with Crippen molar-refractivity contribution in [3.05, 3.63) is 18.2 Å². The van der Waals surface area contributed by atoms with Crippen LogP contribution in [0.1, 0.15) is 31.5 Å². The quantitative estimate of drug-likeness (QED) is 0.754. The third kappa shape index (κ3) is 3.82. The number of aryl methyl sites for hydroxylation is 1. The van der Waals surface area contributed by atoms with Crippen LogP contribution in [0.2, 0.25) is 0 Å². The minimum Gasteiger partial charge on any atom is -0.393 e. The molecule has 1 aromatic heterocycles. The van der Waals surface area contributed by atoms with Gasteiger partial charge in [-0.15, -0.1) is 0 Å². The van der Waals surface area contributed by atoms with Crippen molar-refractivity contribution in [2.75, 3.05) is 13.1 Å². The number of aliphatic hydroxyl groups excluding tert-OH is 1. The zero-order valence-corrected chi connectivity index (χ0v) is 10.6. The van der Waals surface area contributed by atoms with Crippen molar-refractivity contribution in [2.24, 2.45) is 13.0 Å². The lowest BCUT2D eigenvalue weighted by Crippen LogP contribution is -2.29. The lowest BCUT2D eigenvalue weighted by atomic mass is 9.87. The molecule has 0 saturated heterocycles. The van der Waals surface area contributed by atoms with E-state index in [-0.39, 0.29) is 6.10 Å². The maximum atomic E-state index is 9.42. The normalized spacial score (nSPS) is 25.1. The Hall–Kier alpha value is -0.870. The molecule has 1 saturated carbocycles. The summed E-state index contributed by atoms with van der Waals surface area (Å²) in [4.78, 5) is 4.30. The molecule has 1 aliphatic carbocycles. The highest BCUT2D eigenvalue weighted by molar-refractivity contribution is 4.91. The highest BCUT2D eigenvalue weighted by atomic mass is 16.3. The van der Waals surface area contributed by atoms with Gasteiger partial charge in [0.25, 0.3) is 0 Å². The second-order valence-corrected chi connectivity index (χ2v) is 5.08. The Morgan fingerprint density at radius 2 is 2.18 bits per heavy atom. The Morgan fingerprint density at radius 1 is 1.41 bits per heavy atom. The van der Waals surface area contributed by atoms with Gasteiger partial charge in [-0.25, -0.2) is 4.98 Å². The number of hydrogen-bond donors (Lipinski definition) is 2. The van der Waals surface area contributed by atoms with Crippen LogP contribution in [0.4, 0.5) is 0 Å². The van der Waals surface area contributed by atoms with Crippen LogP contribution in [-0.4, -0.2) is 33.9 Å². The van der Waals surface area contributed by atoms with E-state index in [0.717, 1.165) is 56.9 Å². The Kier molecular flexibility index (Phi) is 4.57. The first-order chi connectivity index (χ1) is 8.25. The third-order valence-corrected chi connectivity index (χ3v) is 3.70. The largest absolute Gasteiger partial charge is 0.393 e. The summed E-state index contributed by atoms with van der Waals surface area (Å²) in [6.07, 6.45) is 9.05. The highest BCUT2D eigenvalue weighted by Crippen LogP contribution is 2.23. The molecule has 96 valence electrons. The maximum Gasteiger partial charge on any atom is 0.109 e. The first-order valence-electron chi connectivity index (χ1n) is 6.60. The molecule has 0 atom stereocenters. The molecule has 1 heterocycles. The van der Waals surface area contributed by atoms with Crippen molar-refractivity contribution >= 4 is 0 Å². The zero-order valence-electron chi connectivity index (χ0n) is 10.6. The summed E-state index contributed by atoms with van der Waals surface area (Å²) in [6, 6.07) is 0. The van der Waals surface area contributed by atoms with Crippen LogP contribution in [0.5, 0.6) is 0 Å². The van der Waals surface area contributed by atoms with E-state index >= 15 is 0 Å². The first kappa shape index (κ1) is 12.6. The summed E-state index contributed by atoms with van der Waals surface area (Å²) in [5.74, 6) is 1.89. The molecule has 4 nitrogen and oxygen atoms in total. The average Bonchev–Trinajstić information content (AvgIpc) is 2.73. The van der Waals surface area contributed by atoms with Crippen molar-refractivity contribution in [3.63, 3.8) is 0 Å². The second-order valence-electron chi connectivity index (χ2n) is 5.08. The molecule has 1 aliphatic rings. The van der Waals surface area contributed by atoms with E-state index in [9.17, 15) is 5.11 Å². The van der Waals surface area contributed by atoms with Gasteiger partial charge in [0.05, 0.1) is 6.10 Å². The molecule has 17 heavy (non-hydrogen) atoms. The van der Waals surface area contributed by atoms with Crippen LogP contribution in [0.15, 0.2) is 12.4 Å². The second kappa shape index (κ2) is 6.17. The topological polar surface area (TPSA) is 50.1 Å². The molecule has 0 spiro atoms. The van der Waals surface area contributed by atoms with Crippen molar-refractivity contribution < 1.29 is 5.11 Å². The SMILES string of the molecule is Cn1ccnc1CCNCC1CCC(O)CC1. The van der Waals surface area contributed by atoms with E-state index in [1.54, 1.807) is 0 Å². The Morgan fingerprint density at radius 3 is 2.82 bits per heavy atom. The van der Waals surface area contributed by atoms with E-state index in [4.69, 9.17) is 0 Å². The molecule has 0 aliphatic heterocycles. The standard InChI is InChI=1S/C13H23N3O/c1-16-9-8-15-13(16)6-7-14-10-11-2-4-12(17)5-3-11/h8-9,11-12,14,17H,2-7,10H2,1H3. The Labute approximate surface area is 103 Å². The molecular formula is C13H23N3O. The number of aliphatic hydroxyl groups is 1. The number of nitrogens with one attached hydrogen (secondary N) is 1. The summed E-state index contributed by atoms with van der Waals surface area (Å²) in [5.41, 5.74) is 0. The van der Waals surface area contributed by atoms with Crippen LogP contribution in [-0.2, 0) is 13.5 Å². The van der Waals surface area contributed by atoms with E-state index in [1.807, 2.05) is 19.4 Å². The molecule has 2 rings (SSSR count). The molecule has 0 radical (unpaired) electrons. The van der Waals surface area contributed by atoms with Crippen LogP contribution < -0.4 is 5.32 Å².